The summed E-state index contributed by atoms with van der Waals surface area (Å²) in [6.45, 7) is 1.83. The molecule has 0 saturated heterocycles. The molecule has 246 valence electrons. The smallest absolute Gasteiger partial charge is 0.416 e. The second kappa shape index (κ2) is 17.2. The van der Waals surface area contributed by atoms with Crippen LogP contribution in [0, 0.1) is 0 Å². The molecule has 3 aromatic carbocycles. The van der Waals surface area contributed by atoms with Gasteiger partial charge in [0.25, 0.3) is 5.91 Å². The van der Waals surface area contributed by atoms with Gasteiger partial charge in [-0.3, -0.25) is 4.79 Å². The minimum atomic E-state index is -4.66. The Morgan fingerprint density at radius 3 is 1.62 bits per heavy atom. The summed E-state index contributed by atoms with van der Waals surface area (Å²) >= 11 is 0. The second-order valence-corrected chi connectivity index (χ2v) is 11.1. The van der Waals surface area contributed by atoms with Crippen LogP contribution in [0.4, 0.5) is 26.3 Å². The van der Waals surface area contributed by atoms with E-state index < -0.39 is 36.0 Å². The number of unbranched alkanes of at least 4 members (excludes halogenated alkanes) is 9. The Labute approximate surface area is 260 Å². The topological polar surface area (TPSA) is 58.6 Å². The van der Waals surface area contributed by atoms with E-state index in [0.29, 0.717) is 6.54 Å². The average molecular weight is 638 g/mol. The molecule has 10 heteroatoms. The van der Waals surface area contributed by atoms with Crippen LogP contribution in [0.2, 0.25) is 0 Å². The molecule has 0 heterocycles. The molecule has 0 aromatic heterocycles. The second-order valence-electron chi connectivity index (χ2n) is 11.1. The number of hydrogen-bond acceptors (Lipinski definition) is 3. The van der Waals surface area contributed by atoms with Gasteiger partial charge in [-0.05, 0) is 53.9 Å². The Morgan fingerprint density at radius 1 is 0.711 bits per heavy atom. The molecular formula is C35H41F6NO3. The summed E-state index contributed by atoms with van der Waals surface area (Å²) in [6, 6.07) is 11.5. The first kappa shape index (κ1) is 35.9. The lowest BCUT2D eigenvalue weighted by atomic mass is 9.92. The molecule has 0 bridgehead atoms. The van der Waals surface area contributed by atoms with E-state index >= 15 is 0 Å². The monoisotopic (exact) mass is 637 g/mol. The van der Waals surface area contributed by atoms with E-state index in [2.05, 4.69) is 12.2 Å². The summed E-state index contributed by atoms with van der Waals surface area (Å²) in [5.41, 5.74) is -1.57. The number of carbonyl (C=O) groups excluding carboxylic acids is 1. The highest BCUT2D eigenvalue weighted by Gasteiger charge is 2.32. The molecule has 0 aliphatic rings. The SMILES string of the molecule is CCCCCCCCCCCCNC(=O)c1cc(-c2cccc(C(F)(F)F)c2)c(OCCO)c(-c2cccc(C(F)(F)F)c2)c1. The number of rotatable bonds is 17. The van der Waals surface area contributed by atoms with Crippen molar-refractivity contribution in [3.8, 4) is 28.0 Å². The van der Waals surface area contributed by atoms with Crippen LogP contribution in [0.15, 0.2) is 60.7 Å². The Bertz CT molecular complexity index is 1290. The molecule has 0 aliphatic heterocycles. The highest BCUT2D eigenvalue weighted by Crippen LogP contribution is 2.43. The van der Waals surface area contributed by atoms with Gasteiger partial charge >= 0.3 is 12.4 Å². The van der Waals surface area contributed by atoms with Crippen LogP contribution in [0.1, 0.15) is 92.6 Å². The van der Waals surface area contributed by atoms with Gasteiger partial charge in [-0.2, -0.15) is 26.3 Å². The largest absolute Gasteiger partial charge is 0.490 e. The van der Waals surface area contributed by atoms with Crippen molar-refractivity contribution in [2.45, 2.75) is 83.5 Å². The van der Waals surface area contributed by atoms with Gasteiger partial charge < -0.3 is 15.2 Å². The number of ether oxygens (including phenoxy) is 1. The molecule has 0 fully saturated rings. The lowest BCUT2D eigenvalue weighted by molar-refractivity contribution is -0.138. The Balaban J connectivity index is 1.91. The van der Waals surface area contributed by atoms with E-state index in [-0.39, 0.29) is 40.2 Å². The lowest BCUT2D eigenvalue weighted by Gasteiger charge is -2.19. The molecule has 3 rings (SSSR count). The fourth-order valence-corrected chi connectivity index (χ4v) is 5.13. The van der Waals surface area contributed by atoms with Crippen molar-refractivity contribution in [2.75, 3.05) is 19.8 Å². The van der Waals surface area contributed by atoms with Crippen LogP contribution in [-0.2, 0) is 12.4 Å². The predicted octanol–water partition coefficient (Wildman–Crippen LogP) is 10.1. The van der Waals surface area contributed by atoms with E-state index in [0.717, 1.165) is 49.9 Å². The van der Waals surface area contributed by atoms with Gasteiger partial charge in [0, 0.05) is 23.2 Å². The quantitative estimate of drug-likeness (QED) is 0.114. The van der Waals surface area contributed by atoms with E-state index in [1.54, 1.807) is 0 Å². The van der Waals surface area contributed by atoms with Gasteiger partial charge in [-0.15, -0.1) is 0 Å². The maximum absolute atomic E-state index is 13.6. The number of carbonyl (C=O) groups is 1. The molecule has 0 radical (unpaired) electrons. The van der Waals surface area contributed by atoms with Crippen molar-refractivity contribution in [1.29, 1.82) is 0 Å². The first-order valence-corrected chi connectivity index (χ1v) is 15.5. The summed E-state index contributed by atoms with van der Waals surface area (Å²) in [7, 11) is 0. The molecule has 0 unspecified atom stereocenters. The minimum Gasteiger partial charge on any atom is -0.490 e. The predicted molar refractivity (Wildman–Crippen MR) is 164 cm³/mol. The third kappa shape index (κ3) is 11.1. The first-order chi connectivity index (χ1) is 21.5. The zero-order chi connectivity index (χ0) is 32.9. The van der Waals surface area contributed by atoms with Crippen molar-refractivity contribution >= 4 is 5.91 Å². The molecule has 2 N–H and O–H groups in total. The molecule has 0 aliphatic carbocycles. The number of amides is 1. The van der Waals surface area contributed by atoms with Crippen LogP contribution in [0.25, 0.3) is 22.3 Å². The van der Waals surface area contributed by atoms with Gasteiger partial charge in [0.2, 0.25) is 0 Å². The number of halogens is 6. The summed E-state index contributed by atoms with van der Waals surface area (Å²) < 4.78 is 87.3. The molecule has 0 spiro atoms. The lowest BCUT2D eigenvalue weighted by Crippen LogP contribution is -2.24. The fraction of sp³-hybridized carbons (Fsp3) is 0.457. The number of alkyl halides is 6. The van der Waals surface area contributed by atoms with Crippen molar-refractivity contribution < 1.29 is 41.0 Å². The highest BCUT2D eigenvalue weighted by atomic mass is 19.4. The third-order valence-electron chi connectivity index (χ3n) is 7.51. The third-order valence-corrected chi connectivity index (χ3v) is 7.51. The molecule has 3 aromatic rings. The van der Waals surface area contributed by atoms with Crippen LogP contribution in [0.3, 0.4) is 0 Å². The van der Waals surface area contributed by atoms with Crippen LogP contribution in [0.5, 0.6) is 5.75 Å². The highest BCUT2D eigenvalue weighted by molar-refractivity contribution is 5.99. The summed E-state index contributed by atoms with van der Waals surface area (Å²) in [6.07, 6.45) is 1.90. The number of benzene rings is 3. The van der Waals surface area contributed by atoms with Gasteiger partial charge in [-0.25, -0.2) is 0 Å². The van der Waals surface area contributed by atoms with Crippen LogP contribution >= 0.6 is 0 Å². The minimum absolute atomic E-state index is 0.0473. The maximum atomic E-state index is 13.6. The van der Waals surface area contributed by atoms with Gasteiger partial charge in [0.15, 0.2) is 0 Å². The Morgan fingerprint density at radius 2 is 1.18 bits per heavy atom. The van der Waals surface area contributed by atoms with Crippen LogP contribution in [-0.4, -0.2) is 30.8 Å². The summed E-state index contributed by atoms with van der Waals surface area (Å²) in [5.74, 6) is -0.560. The van der Waals surface area contributed by atoms with E-state index in [1.807, 2.05) is 0 Å². The molecule has 0 saturated carbocycles. The zero-order valence-corrected chi connectivity index (χ0v) is 25.5. The molecule has 45 heavy (non-hydrogen) atoms. The van der Waals surface area contributed by atoms with E-state index in [4.69, 9.17) is 4.74 Å². The molecular weight excluding hydrogens is 596 g/mol. The van der Waals surface area contributed by atoms with Gasteiger partial charge in [0.05, 0.1) is 17.7 Å². The fourth-order valence-electron chi connectivity index (χ4n) is 5.13. The van der Waals surface area contributed by atoms with Crippen molar-refractivity contribution in [3.05, 3.63) is 77.4 Å². The number of aliphatic hydroxyl groups is 1. The summed E-state index contributed by atoms with van der Waals surface area (Å²) in [4.78, 5) is 13.3. The average Bonchev–Trinajstić information content (AvgIpc) is 3.01. The Hall–Kier alpha value is -3.53. The Kier molecular flexibility index (Phi) is 13.8. The first-order valence-electron chi connectivity index (χ1n) is 15.5. The van der Waals surface area contributed by atoms with Crippen molar-refractivity contribution in [3.63, 3.8) is 0 Å². The summed E-state index contributed by atoms with van der Waals surface area (Å²) in [5, 5.41) is 12.3. The van der Waals surface area contributed by atoms with Gasteiger partial charge in [0.1, 0.15) is 12.4 Å². The van der Waals surface area contributed by atoms with Crippen molar-refractivity contribution in [2.24, 2.45) is 0 Å². The maximum Gasteiger partial charge on any atom is 0.416 e. The van der Waals surface area contributed by atoms with Gasteiger partial charge in [-0.1, -0.05) is 89.0 Å². The normalized spacial score (nSPS) is 11.9. The zero-order valence-electron chi connectivity index (χ0n) is 25.5. The molecule has 0 atom stereocenters. The van der Waals surface area contributed by atoms with Crippen LogP contribution < -0.4 is 10.1 Å². The number of hydrogen-bond donors (Lipinski definition) is 2. The van der Waals surface area contributed by atoms with E-state index in [9.17, 15) is 36.2 Å². The molecule has 4 nitrogen and oxygen atoms in total. The molecule has 1 amide bonds. The van der Waals surface area contributed by atoms with Crippen molar-refractivity contribution in [1.82, 2.24) is 5.32 Å². The standard InChI is InChI=1S/C35H41F6NO3/c1-2-3-4-5-6-7-8-9-10-11-18-42-33(44)27-23-30(25-14-12-16-28(21-25)34(36,37)38)32(45-20-19-43)31(24-27)26-15-13-17-29(22-26)35(39,40)41/h12-17,21-24,43H,2-11,18-20H2,1H3,(H,42,44). The number of nitrogens with one attached hydrogen (secondary N) is 1. The number of aliphatic hydroxyl groups excluding tert-OH is 1. The van der Waals surface area contributed by atoms with E-state index in [1.165, 1.54) is 74.9 Å².